The van der Waals surface area contributed by atoms with Crippen molar-refractivity contribution in [3.63, 3.8) is 0 Å². The zero-order chi connectivity index (χ0) is 14.4. The topological polar surface area (TPSA) is 20.2 Å². The highest BCUT2D eigenvalue weighted by Gasteiger charge is 2.33. The number of hydrogen-bond donors (Lipinski definition) is 1. The Bertz CT molecular complexity index is 592. The Kier molecular flexibility index (Phi) is 4.61. The Morgan fingerprint density at radius 3 is 2.10 bits per heavy atom. The van der Waals surface area contributed by atoms with Crippen LogP contribution < -0.4 is 0 Å². The van der Waals surface area contributed by atoms with Gasteiger partial charge in [0.2, 0.25) is 0 Å². The molecule has 1 unspecified atom stereocenters. The van der Waals surface area contributed by atoms with E-state index in [9.17, 15) is 5.11 Å². The summed E-state index contributed by atoms with van der Waals surface area (Å²) < 4.78 is 0. The van der Waals surface area contributed by atoms with Gasteiger partial charge in [0, 0.05) is 11.5 Å². The van der Waals surface area contributed by atoms with E-state index in [0.29, 0.717) is 0 Å². The van der Waals surface area contributed by atoms with Crippen molar-refractivity contribution in [2.24, 2.45) is 0 Å². The van der Waals surface area contributed by atoms with Crippen LogP contribution in [0.4, 0.5) is 0 Å². The number of benzene rings is 2. The molecule has 1 nitrogen and oxygen atoms in total. The number of aliphatic hydroxyl groups is 1. The monoisotopic (exact) mass is 263 g/mol. The normalized spacial score (nSPS) is 13.4. The van der Waals surface area contributed by atoms with Gasteiger partial charge in [-0.2, -0.15) is 0 Å². The fraction of sp³-hybridized carbons (Fsp3) is 0.211. The minimum absolute atomic E-state index is 0.787. The summed E-state index contributed by atoms with van der Waals surface area (Å²) in [6.07, 6.45) is 0.787. The largest absolute Gasteiger partial charge is 0.373 e. The van der Waals surface area contributed by atoms with Gasteiger partial charge in [0.05, 0.1) is 0 Å². The van der Waals surface area contributed by atoms with Crippen molar-refractivity contribution in [3.8, 4) is 11.8 Å². The van der Waals surface area contributed by atoms with Crippen LogP contribution in [0.25, 0.3) is 0 Å². The van der Waals surface area contributed by atoms with Crippen molar-refractivity contribution in [2.45, 2.75) is 25.9 Å². The van der Waals surface area contributed by atoms with Gasteiger partial charge < -0.3 is 5.11 Å². The Labute approximate surface area is 121 Å². The standard InChI is InChI=1S/C19H19O/c1-3-16(2)19(20,18-12-8-5-9-13-18)15-14-17-10-6-4-7-11-17/h4-13,20H,3H2,1-2H3. The van der Waals surface area contributed by atoms with E-state index in [2.05, 4.69) is 11.8 Å². The summed E-state index contributed by atoms with van der Waals surface area (Å²) >= 11 is 0. The van der Waals surface area contributed by atoms with Crippen molar-refractivity contribution in [1.29, 1.82) is 0 Å². The third kappa shape index (κ3) is 3.10. The fourth-order valence-corrected chi connectivity index (χ4v) is 2.04. The first kappa shape index (κ1) is 14.4. The molecule has 0 aliphatic carbocycles. The molecule has 1 atom stereocenters. The molecule has 1 N–H and O–H groups in total. The van der Waals surface area contributed by atoms with Gasteiger partial charge in [0.15, 0.2) is 5.60 Å². The Hall–Kier alpha value is -2.04. The van der Waals surface area contributed by atoms with Crippen LogP contribution in [-0.2, 0) is 5.60 Å². The van der Waals surface area contributed by atoms with Crippen molar-refractivity contribution in [2.75, 3.05) is 0 Å². The maximum atomic E-state index is 11.0. The molecule has 0 bridgehead atoms. The molecule has 2 aromatic rings. The second-order valence-electron chi connectivity index (χ2n) is 4.83. The maximum Gasteiger partial charge on any atom is 0.157 e. The third-order valence-corrected chi connectivity index (χ3v) is 3.50. The molecule has 0 aromatic heterocycles. The molecule has 0 fully saturated rings. The molecule has 0 saturated carbocycles. The average molecular weight is 263 g/mol. The van der Waals surface area contributed by atoms with Crippen molar-refractivity contribution >= 4 is 0 Å². The lowest BCUT2D eigenvalue weighted by molar-refractivity contribution is 0.112. The predicted molar refractivity (Wildman–Crippen MR) is 82.9 cm³/mol. The summed E-state index contributed by atoms with van der Waals surface area (Å²) in [5, 5.41) is 11.0. The van der Waals surface area contributed by atoms with Gasteiger partial charge in [-0.25, -0.2) is 0 Å². The molecule has 0 aliphatic heterocycles. The average Bonchev–Trinajstić information content (AvgIpc) is 2.53. The first-order chi connectivity index (χ1) is 9.66. The molecule has 2 aromatic carbocycles. The highest BCUT2D eigenvalue weighted by Crippen LogP contribution is 2.32. The van der Waals surface area contributed by atoms with Gasteiger partial charge in [0.1, 0.15) is 0 Å². The maximum absolute atomic E-state index is 11.0. The summed E-state index contributed by atoms with van der Waals surface area (Å²) in [6.45, 7) is 3.99. The molecule has 1 heteroatoms. The lowest BCUT2D eigenvalue weighted by Gasteiger charge is -2.28. The quantitative estimate of drug-likeness (QED) is 0.832. The molecular weight excluding hydrogens is 244 g/mol. The van der Waals surface area contributed by atoms with Crippen LogP contribution in [0.15, 0.2) is 60.7 Å². The Morgan fingerprint density at radius 2 is 1.55 bits per heavy atom. The highest BCUT2D eigenvalue weighted by molar-refractivity contribution is 5.43. The van der Waals surface area contributed by atoms with E-state index in [-0.39, 0.29) is 0 Å². The summed E-state index contributed by atoms with van der Waals surface area (Å²) in [4.78, 5) is 0. The molecule has 2 rings (SSSR count). The van der Waals surface area contributed by atoms with Crippen LogP contribution in [0.1, 0.15) is 31.4 Å². The van der Waals surface area contributed by atoms with Crippen molar-refractivity contribution < 1.29 is 5.11 Å². The van der Waals surface area contributed by atoms with Crippen molar-refractivity contribution in [3.05, 3.63) is 77.7 Å². The predicted octanol–water partition coefficient (Wildman–Crippen LogP) is 3.93. The number of rotatable bonds is 3. The smallest absolute Gasteiger partial charge is 0.157 e. The van der Waals surface area contributed by atoms with Gasteiger partial charge in [-0.3, -0.25) is 0 Å². The lowest BCUT2D eigenvalue weighted by atomic mass is 9.81. The van der Waals surface area contributed by atoms with Crippen LogP contribution >= 0.6 is 0 Å². The van der Waals surface area contributed by atoms with E-state index in [4.69, 9.17) is 0 Å². The molecule has 0 amide bonds. The van der Waals surface area contributed by atoms with Crippen molar-refractivity contribution in [1.82, 2.24) is 0 Å². The van der Waals surface area contributed by atoms with E-state index in [0.717, 1.165) is 23.5 Å². The lowest BCUT2D eigenvalue weighted by Crippen LogP contribution is -2.30. The molecule has 0 heterocycles. The molecule has 1 radical (unpaired) electrons. The molecule has 20 heavy (non-hydrogen) atoms. The Morgan fingerprint density at radius 1 is 1.00 bits per heavy atom. The summed E-state index contributed by atoms with van der Waals surface area (Å²) in [7, 11) is 0. The second kappa shape index (κ2) is 6.41. The third-order valence-electron chi connectivity index (χ3n) is 3.50. The van der Waals surface area contributed by atoms with Gasteiger partial charge in [-0.05, 0) is 24.1 Å². The molecular formula is C19H19O. The highest BCUT2D eigenvalue weighted by atomic mass is 16.3. The van der Waals surface area contributed by atoms with E-state index < -0.39 is 5.60 Å². The van der Waals surface area contributed by atoms with Crippen LogP contribution in [0.2, 0.25) is 0 Å². The summed E-state index contributed by atoms with van der Waals surface area (Å²) in [5.41, 5.74) is 0.541. The van der Waals surface area contributed by atoms with Crippen LogP contribution in [-0.4, -0.2) is 5.11 Å². The zero-order valence-electron chi connectivity index (χ0n) is 11.9. The Balaban J connectivity index is 2.42. The van der Waals surface area contributed by atoms with Gasteiger partial charge in [0.25, 0.3) is 0 Å². The second-order valence-corrected chi connectivity index (χ2v) is 4.83. The summed E-state index contributed by atoms with van der Waals surface area (Å²) in [6, 6.07) is 19.4. The fourth-order valence-electron chi connectivity index (χ4n) is 2.04. The van der Waals surface area contributed by atoms with E-state index in [1.54, 1.807) is 0 Å². The minimum Gasteiger partial charge on any atom is -0.373 e. The molecule has 0 aliphatic rings. The van der Waals surface area contributed by atoms with Gasteiger partial charge >= 0.3 is 0 Å². The van der Waals surface area contributed by atoms with E-state index in [1.807, 2.05) is 74.5 Å². The molecule has 0 spiro atoms. The summed E-state index contributed by atoms with van der Waals surface area (Å²) in [5.74, 6) is 7.08. The first-order valence-corrected chi connectivity index (χ1v) is 6.86. The SMILES string of the molecule is CC[C](C)C(O)(C#Cc1ccccc1)c1ccccc1. The van der Waals surface area contributed by atoms with E-state index >= 15 is 0 Å². The van der Waals surface area contributed by atoms with Gasteiger partial charge in [-0.1, -0.05) is 74.2 Å². The molecule has 101 valence electrons. The minimum atomic E-state index is -1.19. The van der Waals surface area contributed by atoms with Crippen LogP contribution in [0, 0.1) is 17.8 Å². The van der Waals surface area contributed by atoms with Crippen LogP contribution in [0.3, 0.4) is 0 Å². The molecule has 0 saturated heterocycles. The number of hydrogen-bond acceptors (Lipinski definition) is 1. The van der Waals surface area contributed by atoms with E-state index in [1.165, 1.54) is 0 Å². The van der Waals surface area contributed by atoms with Gasteiger partial charge in [-0.15, -0.1) is 0 Å². The van der Waals surface area contributed by atoms with Crippen LogP contribution in [0.5, 0.6) is 0 Å². The first-order valence-electron chi connectivity index (χ1n) is 6.86. The zero-order valence-corrected chi connectivity index (χ0v) is 11.9.